The smallest absolute Gasteiger partial charge is 0.331 e. The maximum Gasteiger partial charge on any atom is 0.331 e. The Kier molecular flexibility index (Phi) is 5.97. The second kappa shape index (κ2) is 7.97. The van der Waals surface area contributed by atoms with Gasteiger partial charge in [-0.15, -0.1) is 0 Å². The number of hydrogen-bond acceptors (Lipinski definition) is 7. The highest BCUT2D eigenvalue weighted by molar-refractivity contribution is 6.23. The Morgan fingerprint density at radius 1 is 1.08 bits per heavy atom. The first-order valence-corrected chi connectivity index (χ1v) is 7.54. The van der Waals surface area contributed by atoms with Crippen molar-refractivity contribution in [1.82, 2.24) is 10.2 Å². The van der Waals surface area contributed by atoms with Crippen molar-refractivity contribution in [3.05, 3.63) is 35.9 Å². The fourth-order valence-corrected chi connectivity index (χ4v) is 2.18. The number of aliphatic hydroxyl groups excluding tert-OH is 3. The minimum Gasteiger partial charge on any atom is -0.394 e. The minimum absolute atomic E-state index is 0.0196. The molecule has 1 heterocycles. The molecule has 1 aromatic rings. The molecule has 0 aromatic heterocycles. The van der Waals surface area contributed by atoms with Crippen molar-refractivity contribution in [2.45, 2.75) is 12.1 Å². The Hall–Kier alpha value is -2.62. The zero-order valence-electron chi connectivity index (χ0n) is 13.3. The van der Waals surface area contributed by atoms with E-state index >= 15 is 0 Å². The number of nitrogens with zero attached hydrogens (tertiary/aromatic N) is 2. The second-order valence-electron chi connectivity index (χ2n) is 5.66. The van der Waals surface area contributed by atoms with E-state index in [1.165, 1.54) is 0 Å². The summed E-state index contributed by atoms with van der Waals surface area (Å²) in [6, 6.07) is 7.93. The maximum absolute atomic E-state index is 12.5. The molecule has 0 saturated carbocycles. The highest BCUT2D eigenvalue weighted by Crippen LogP contribution is 2.15. The molecule has 0 unspecified atom stereocenters. The molecule has 1 aromatic carbocycles. The molecule has 1 fully saturated rings. The van der Waals surface area contributed by atoms with Gasteiger partial charge in [-0.2, -0.15) is 0 Å². The number of aliphatic imine (C=N–C) groups is 1. The first-order valence-electron chi connectivity index (χ1n) is 7.54. The summed E-state index contributed by atoms with van der Waals surface area (Å²) >= 11 is 0. The van der Waals surface area contributed by atoms with Crippen LogP contribution in [-0.4, -0.2) is 69.6 Å². The first-order chi connectivity index (χ1) is 12.0. The molecule has 134 valence electrons. The number of aliphatic hydroxyl groups is 3. The van der Waals surface area contributed by atoms with E-state index in [0.29, 0.717) is 5.56 Å². The van der Waals surface area contributed by atoms with Crippen LogP contribution in [0.25, 0.3) is 0 Å². The number of benzene rings is 1. The number of urea groups is 1. The van der Waals surface area contributed by atoms with Gasteiger partial charge in [-0.1, -0.05) is 30.3 Å². The molecular formula is C16H19N3O6. The molecular weight excluding hydrogens is 330 g/mol. The molecule has 2 rings (SSSR count). The van der Waals surface area contributed by atoms with Gasteiger partial charge in [0.2, 0.25) is 11.8 Å². The fourth-order valence-electron chi connectivity index (χ4n) is 2.18. The average molecular weight is 349 g/mol. The van der Waals surface area contributed by atoms with Crippen molar-refractivity contribution in [3.8, 4) is 0 Å². The van der Waals surface area contributed by atoms with Gasteiger partial charge in [0.05, 0.1) is 26.4 Å². The highest BCUT2D eigenvalue weighted by Gasteiger charge is 2.40. The van der Waals surface area contributed by atoms with Crippen LogP contribution in [0.4, 0.5) is 4.79 Å². The number of carbonyl (C=O) groups is 3. The molecule has 4 N–H and O–H groups in total. The molecule has 25 heavy (non-hydrogen) atoms. The van der Waals surface area contributed by atoms with Crippen molar-refractivity contribution in [2.75, 3.05) is 19.8 Å². The van der Waals surface area contributed by atoms with Gasteiger partial charge in [-0.25, -0.2) is 4.79 Å². The average Bonchev–Trinajstić information content (AvgIpc) is 2.63. The first kappa shape index (κ1) is 18.7. The standard InChI is InChI=1S/C16H19N3O6/c20-8-16(9-21,10-22)17-6-12-13(23)18-15(25)19(14(12)24)7-11-4-2-1-3-5-11/h1-6,12,20-22H,7-10H2,(H,18,23,25)/t12-/m1/s1. The van der Waals surface area contributed by atoms with Crippen LogP contribution >= 0.6 is 0 Å². The molecule has 9 heteroatoms. The third-order valence-electron chi connectivity index (χ3n) is 3.85. The van der Waals surface area contributed by atoms with Gasteiger partial charge < -0.3 is 15.3 Å². The lowest BCUT2D eigenvalue weighted by Gasteiger charge is -2.29. The van der Waals surface area contributed by atoms with Crippen LogP contribution in [0.5, 0.6) is 0 Å². The molecule has 1 aliphatic rings. The zero-order chi connectivity index (χ0) is 18.4. The Morgan fingerprint density at radius 3 is 2.24 bits per heavy atom. The number of nitrogens with one attached hydrogen (secondary N) is 1. The predicted octanol–water partition coefficient (Wildman–Crippen LogP) is -1.33. The molecule has 1 atom stereocenters. The highest BCUT2D eigenvalue weighted by atomic mass is 16.3. The maximum atomic E-state index is 12.5. The summed E-state index contributed by atoms with van der Waals surface area (Å²) in [4.78, 5) is 41.1. The van der Waals surface area contributed by atoms with Crippen LogP contribution in [0.2, 0.25) is 0 Å². The summed E-state index contributed by atoms with van der Waals surface area (Å²) in [6.45, 7) is -2.04. The van der Waals surface area contributed by atoms with Crippen LogP contribution in [0, 0.1) is 5.92 Å². The van der Waals surface area contributed by atoms with Crippen LogP contribution in [0.15, 0.2) is 35.3 Å². The monoisotopic (exact) mass is 349 g/mol. The molecule has 4 amide bonds. The van der Waals surface area contributed by atoms with E-state index in [2.05, 4.69) is 10.3 Å². The van der Waals surface area contributed by atoms with Crippen molar-refractivity contribution >= 4 is 24.1 Å². The van der Waals surface area contributed by atoms with Crippen LogP contribution in [0.3, 0.4) is 0 Å². The Labute approximate surface area is 143 Å². The lowest BCUT2D eigenvalue weighted by molar-refractivity contribution is -0.139. The van der Waals surface area contributed by atoms with Gasteiger partial charge in [-0.05, 0) is 5.56 Å². The van der Waals surface area contributed by atoms with E-state index in [1.807, 2.05) is 0 Å². The van der Waals surface area contributed by atoms with E-state index in [0.717, 1.165) is 11.1 Å². The summed E-state index contributed by atoms with van der Waals surface area (Å²) in [7, 11) is 0. The van der Waals surface area contributed by atoms with Crippen molar-refractivity contribution in [2.24, 2.45) is 10.9 Å². The van der Waals surface area contributed by atoms with Gasteiger partial charge >= 0.3 is 6.03 Å². The van der Waals surface area contributed by atoms with E-state index in [9.17, 15) is 29.7 Å². The van der Waals surface area contributed by atoms with E-state index < -0.39 is 49.1 Å². The second-order valence-corrected chi connectivity index (χ2v) is 5.66. The van der Waals surface area contributed by atoms with Crippen molar-refractivity contribution < 1.29 is 29.7 Å². The molecule has 1 saturated heterocycles. The Balaban J connectivity index is 2.22. The lowest BCUT2D eigenvalue weighted by Crippen LogP contribution is -2.58. The number of amides is 4. The Morgan fingerprint density at radius 2 is 1.68 bits per heavy atom. The van der Waals surface area contributed by atoms with Crippen molar-refractivity contribution in [1.29, 1.82) is 0 Å². The van der Waals surface area contributed by atoms with Gasteiger partial charge in [0, 0.05) is 6.21 Å². The number of rotatable bonds is 7. The Bertz CT molecular complexity index is 663. The third kappa shape index (κ3) is 4.08. The van der Waals surface area contributed by atoms with E-state index in [1.54, 1.807) is 30.3 Å². The SMILES string of the molecule is O=C1NC(=O)N(Cc2ccccc2)C(=O)[C@@H]1C=NC(CO)(CO)CO. The summed E-state index contributed by atoms with van der Waals surface area (Å²) < 4.78 is 0. The number of hydrogen-bond donors (Lipinski definition) is 4. The van der Waals surface area contributed by atoms with Crippen LogP contribution in [-0.2, 0) is 16.1 Å². The minimum atomic E-state index is -1.60. The largest absolute Gasteiger partial charge is 0.394 e. The normalized spacial score (nSPS) is 18.8. The molecule has 0 spiro atoms. The van der Waals surface area contributed by atoms with Crippen LogP contribution < -0.4 is 5.32 Å². The van der Waals surface area contributed by atoms with E-state index in [4.69, 9.17) is 0 Å². The summed E-state index contributed by atoms with van der Waals surface area (Å²) in [6.07, 6.45) is 0.935. The van der Waals surface area contributed by atoms with Crippen LogP contribution in [0.1, 0.15) is 5.56 Å². The van der Waals surface area contributed by atoms with E-state index in [-0.39, 0.29) is 6.54 Å². The molecule has 0 aliphatic carbocycles. The summed E-state index contributed by atoms with van der Waals surface area (Å²) in [5.41, 5.74) is -0.904. The molecule has 0 radical (unpaired) electrons. The van der Waals surface area contributed by atoms with Gasteiger partial charge in [0.15, 0.2) is 5.92 Å². The topological polar surface area (TPSA) is 140 Å². The molecule has 0 bridgehead atoms. The predicted molar refractivity (Wildman–Crippen MR) is 86.5 cm³/mol. The fraction of sp³-hybridized carbons (Fsp3) is 0.375. The number of carbonyl (C=O) groups excluding carboxylic acids is 3. The number of imide groups is 2. The molecule has 1 aliphatic heterocycles. The van der Waals surface area contributed by atoms with Gasteiger partial charge in [-0.3, -0.25) is 24.8 Å². The summed E-state index contributed by atoms with van der Waals surface area (Å²) in [5, 5.41) is 29.8. The zero-order valence-corrected chi connectivity index (χ0v) is 13.3. The molecule has 9 nitrogen and oxygen atoms in total. The van der Waals surface area contributed by atoms with Crippen molar-refractivity contribution in [3.63, 3.8) is 0 Å². The summed E-state index contributed by atoms with van der Waals surface area (Å²) in [5.74, 6) is -3.03. The lowest BCUT2D eigenvalue weighted by atomic mass is 10.0. The number of barbiturate groups is 1. The van der Waals surface area contributed by atoms with Gasteiger partial charge in [0.1, 0.15) is 5.54 Å². The quantitative estimate of drug-likeness (QED) is 0.355. The third-order valence-corrected chi connectivity index (χ3v) is 3.85. The van der Waals surface area contributed by atoms with Gasteiger partial charge in [0.25, 0.3) is 0 Å².